The summed E-state index contributed by atoms with van der Waals surface area (Å²) < 4.78 is 1.21. The normalized spacial score (nSPS) is 14.3. The standard InChI is InChI=1S/C18H21N5O4/c1-2-13-3-5-14(6-4-13)17(25)22-9-7-21(8-10-22)16(24)12-23-11-15(18(26)27)19-20-23/h3-6,11H,2,7-10,12H2,1H3,(H,26,27). The number of amides is 2. The van der Waals surface area contributed by atoms with Crippen LogP contribution in [0.3, 0.4) is 0 Å². The molecule has 27 heavy (non-hydrogen) atoms. The molecule has 0 radical (unpaired) electrons. The summed E-state index contributed by atoms with van der Waals surface area (Å²) in [6.45, 7) is 3.76. The number of benzene rings is 1. The third kappa shape index (κ3) is 4.30. The molecule has 1 aliphatic rings. The molecule has 9 nitrogen and oxygen atoms in total. The molecule has 1 aromatic heterocycles. The Labute approximate surface area is 156 Å². The molecular formula is C18H21N5O4. The molecule has 0 unspecified atom stereocenters. The molecule has 1 aliphatic heterocycles. The lowest BCUT2D eigenvalue weighted by molar-refractivity contribution is -0.133. The second-order valence-electron chi connectivity index (χ2n) is 6.33. The Morgan fingerprint density at radius 2 is 1.67 bits per heavy atom. The van der Waals surface area contributed by atoms with Crippen molar-refractivity contribution in [3.05, 3.63) is 47.3 Å². The Balaban J connectivity index is 1.53. The summed E-state index contributed by atoms with van der Waals surface area (Å²) in [6.07, 6.45) is 2.15. The van der Waals surface area contributed by atoms with Crippen LogP contribution in [0, 0.1) is 0 Å². The Kier molecular flexibility index (Phi) is 5.49. The van der Waals surface area contributed by atoms with Crippen molar-refractivity contribution in [1.29, 1.82) is 0 Å². The van der Waals surface area contributed by atoms with E-state index < -0.39 is 5.97 Å². The molecule has 1 saturated heterocycles. The van der Waals surface area contributed by atoms with E-state index >= 15 is 0 Å². The van der Waals surface area contributed by atoms with E-state index in [-0.39, 0.29) is 24.1 Å². The van der Waals surface area contributed by atoms with Crippen molar-refractivity contribution < 1.29 is 19.5 Å². The zero-order valence-electron chi connectivity index (χ0n) is 15.0. The lowest BCUT2D eigenvalue weighted by Gasteiger charge is -2.34. The fraction of sp³-hybridized carbons (Fsp3) is 0.389. The highest BCUT2D eigenvalue weighted by molar-refractivity contribution is 5.94. The van der Waals surface area contributed by atoms with Crippen LogP contribution < -0.4 is 0 Å². The zero-order chi connectivity index (χ0) is 19.4. The van der Waals surface area contributed by atoms with Crippen LogP contribution in [-0.4, -0.2) is 73.9 Å². The number of aromatic nitrogens is 3. The highest BCUT2D eigenvalue weighted by Gasteiger charge is 2.25. The Morgan fingerprint density at radius 3 is 2.22 bits per heavy atom. The number of piperazine rings is 1. The summed E-state index contributed by atoms with van der Waals surface area (Å²) in [5, 5.41) is 16.0. The molecule has 2 amide bonds. The molecule has 142 valence electrons. The predicted molar refractivity (Wildman–Crippen MR) is 95.3 cm³/mol. The second kappa shape index (κ2) is 7.98. The van der Waals surface area contributed by atoms with Crippen molar-refractivity contribution >= 4 is 17.8 Å². The van der Waals surface area contributed by atoms with Gasteiger partial charge in [-0.05, 0) is 24.1 Å². The van der Waals surface area contributed by atoms with Gasteiger partial charge in [0.25, 0.3) is 5.91 Å². The maximum absolute atomic E-state index is 12.6. The third-order valence-corrected chi connectivity index (χ3v) is 4.58. The van der Waals surface area contributed by atoms with Crippen LogP contribution in [0.5, 0.6) is 0 Å². The largest absolute Gasteiger partial charge is 0.476 e. The van der Waals surface area contributed by atoms with Gasteiger partial charge in [0.1, 0.15) is 6.54 Å². The van der Waals surface area contributed by atoms with Gasteiger partial charge in [-0.3, -0.25) is 9.59 Å². The molecule has 3 rings (SSSR count). The molecule has 0 spiro atoms. The van der Waals surface area contributed by atoms with Crippen LogP contribution in [0.2, 0.25) is 0 Å². The maximum atomic E-state index is 12.6. The summed E-state index contributed by atoms with van der Waals surface area (Å²) >= 11 is 0. The van der Waals surface area contributed by atoms with Gasteiger partial charge >= 0.3 is 5.97 Å². The van der Waals surface area contributed by atoms with E-state index in [0.717, 1.165) is 6.42 Å². The average molecular weight is 371 g/mol. The fourth-order valence-corrected chi connectivity index (χ4v) is 2.94. The van der Waals surface area contributed by atoms with Gasteiger partial charge in [-0.1, -0.05) is 24.3 Å². The number of nitrogens with zero attached hydrogens (tertiary/aromatic N) is 5. The molecular weight excluding hydrogens is 350 g/mol. The minimum Gasteiger partial charge on any atom is -0.476 e. The van der Waals surface area contributed by atoms with E-state index in [2.05, 4.69) is 17.2 Å². The summed E-state index contributed by atoms with van der Waals surface area (Å²) in [4.78, 5) is 39.1. The van der Waals surface area contributed by atoms with Gasteiger partial charge in [0.2, 0.25) is 5.91 Å². The molecule has 0 bridgehead atoms. The van der Waals surface area contributed by atoms with E-state index in [1.165, 1.54) is 16.4 Å². The minimum absolute atomic E-state index is 0.0351. The fourth-order valence-electron chi connectivity index (χ4n) is 2.94. The molecule has 1 aromatic carbocycles. The van der Waals surface area contributed by atoms with E-state index in [1.54, 1.807) is 9.80 Å². The number of carboxylic acid groups (broad SMARTS) is 1. The van der Waals surface area contributed by atoms with Gasteiger partial charge in [-0.25, -0.2) is 9.48 Å². The number of aryl methyl sites for hydroxylation is 1. The maximum Gasteiger partial charge on any atom is 0.358 e. The lowest BCUT2D eigenvalue weighted by Crippen LogP contribution is -2.51. The van der Waals surface area contributed by atoms with Crippen LogP contribution in [0.4, 0.5) is 0 Å². The molecule has 1 fully saturated rings. The Hall–Kier alpha value is -3.23. The van der Waals surface area contributed by atoms with Crippen LogP contribution in [0.15, 0.2) is 30.5 Å². The monoisotopic (exact) mass is 371 g/mol. The van der Waals surface area contributed by atoms with Crippen molar-refractivity contribution in [3.63, 3.8) is 0 Å². The van der Waals surface area contributed by atoms with Gasteiger partial charge in [0.15, 0.2) is 5.69 Å². The Morgan fingerprint density at radius 1 is 1.04 bits per heavy atom. The first-order valence-corrected chi connectivity index (χ1v) is 8.77. The molecule has 2 aromatic rings. The number of rotatable bonds is 5. The van der Waals surface area contributed by atoms with Crippen molar-refractivity contribution in [2.75, 3.05) is 26.2 Å². The van der Waals surface area contributed by atoms with Crippen LogP contribution >= 0.6 is 0 Å². The van der Waals surface area contributed by atoms with Crippen molar-refractivity contribution in [2.24, 2.45) is 0 Å². The Bertz CT molecular complexity index is 838. The molecule has 1 N–H and O–H groups in total. The number of carbonyl (C=O) groups excluding carboxylic acids is 2. The predicted octanol–water partition coefficient (Wildman–Crippen LogP) is 0.523. The van der Waals surface area contributed by atoms with Gasteiger partial charge in [-0.15, -0.1) is 5.10 Å². The number of aromatic carboxylic acids is 1. The van der Waals surface area contributed by atoms with Crippen LogP contribution in [0.1, 0.15) is 33.3 Å². The number of hydrogen-bond acceptors (Lipinski definition) is 5. The average Bonchev–Trinajstić information content (AvgIpc) is 3.16. The van der Waals surface area contributed by atoms with E-state index in [4.69, 9.17) is 5.11 Å². The minimum atomic E-state index is -1.19. The topological polar surface area (TPSA) is 109 Å². The highest BCUT2D eigenvalue weighted by Crippen LogP contribution is 2.11. The van der Waals surface area contributed by atoms with E-state index in [1.807, 2.05) is 24.3 Å². The van der Waals surface area contributed by atoms with Crippen molar-refractivity contribution in [3.8, 4) is 0 Å². The highest BCUT2D eigenvalue weighted by atomic mass is 16.4. The number of hydrogen-bond donors (Lipinski definition) is 1. The van der Waals surface area contributed by atoms with E-state index in [9.17, 15) is 14.4 Å². The summed E-state index contributed by atoms with van der Waals surface area (Å²) in [5.74, 6) is -1.41. The quantitative estimate of drug-likeness (QED) is 0.821. The van der Waals surface area contributed by atoms with Gasteiger partial charge in [-0.2, -0.15) is 0 Å². The molecule has 9 heteroatoms. The molecule has 0 saturated carbocycles. The van der Waals surface area contributed by atoms with Crippen molar-refractivity contribution in [1.82, 2.24) is 24.8 Å². The summed E-state index contributed by atoms with van der Waals surface area (Å²) in [5.41, 5.74) is 1.63. The lowest BCUT2D eigenvalue weighted by atomic mass is 10.1. The van der Waals surface area contributed by atoms with Gasteiger partial charge in [0.05, 0.1) is 6.20 Å². The first kappa shape index (κ1) is 18.6. The summed E-state index contributed by atoms with van der Waals surface area (Å²) in [6, 6.07) is 7.58. The number of carbonyl (C=O) groups is 3. The molecule has 0 aliphatic carbocycles. The third-order valence-electron chi connectivity index (χ3n) is 4.58. The second-order valence-corrected chi connectivity index (χ2v) is 6.33. The number of carboxylic acids is 1. The van der Waals surface area contributed by atoms with E-state index in [0.29, 0.717) is 31.7 Å². The van der Waals surface area contributed by atoms with Crippen LogP contribution in [0.25, 0.3) is 0 Å². The van der Waals surface area contributed by atoms with Gasteiger partial charge < -0.3 is 14.9 Å². The smallest absolute Gasteiger partial charge is 0.358 e. The van der Waals surface area contributed by atoms with Gasteiger partial charge in [0, 0.05) is 31.7 Å². The SMILES string of the molecule is CCc1ccc(C(=O)N2CCN(C(=O)Cn3cc(C(=O)O)nn3)CC2)cc1. The molecule has 2 heterocycles. The zero-order valence-corrected chi connectivity index (χ0v) is 15.0. The van der Waals surface area contributed by atoms with Crippen LogP contribution in [-0.2, 0) is 17.8 Å². The summed E-state index contributed by atoms with van der Waals surface area (Å²) in [7, 11) is 0. The molecule has 0 atom stereocenters. The first-order valence-electron chi connectivity index (χ1n) is 8.77. The first-order chi connectivity index (χ1) is 13.0. The van der Waals surface area contributed by atoms with Crippen molar-refractivity contribution in [2.45, 2.75) is 19.9 Å².